The van der Waals surface area contributed by atoms with Gasteiger partial charge in [-0.15, -0.1) is 0 Å². The molecule has 0 bridgehead atoms. The lowest BCUT2D eigenvalue weighted by Gasteiger charge is -2.32. The van der Waals surface area contributed by atoms with E-state index in [-0.39, 0.29) is 0 Å². The number of nitrogens with zero attached hydrogens (tertiary/aromatic N) is 3. The summed E-state index contributed by atoms with van der Waals surface area (Å²) in [4.78, 5) is 16.8. The zero-order valence-electron chi connectivity index (χ0n) is 23.0. The highest BCUT2D eigenvalue weighted by atomic mass is 35.5. The molecule has 1 N–H and O–H groups in total. The van der Waals surface area contributed by atoms with Crippen molar-refractivity contribution in [3.8, 4) is 11.3 Å². The molecular weight excluding hydrogens is 510 g/mol. The number of rotatable bonds is 7. The third-order valence-corrected chi connectivity index (χ3v) is 9.37. The predicted molar refractivity (Wildman–Crippen MR) is 158 cm³/mol. The fraction of sp³-hybridized carbons (Fsp3) is 0.531. The number of carboxylic acid groups (broad SMARTS) is 1. The van der Waals surface area contributed by atoms with Crippen LogP contribution < -0.4 is 4.90 Å². The molecule has 1 unspecified atom stereocenters. The molecule has 0 spiro atoms. The quantitative estimate of drug-likeness (QED) is 0.343. The molecule has 1 atom stereocenters. The number of piperidine rings is 1. The fourth-order valence-corrected chi connectivity index (χ4v) is 7.31. The minimum Gasteiger partial charge on any atom is -0.478 e. The van der Waals surface area contributed by atoms with E-state index >= 15 is 0 Å². The topological polar surface area (TPSA) is 57.9 Å². The molecule has 3 heterocycles. The first kappa shape index (κ1) is 26.7. The Morgan fingerprint density at radius 1 is 1.03 bits per heavy atom. The number of anilines is 1. The van der Waals surface area contributed by atoms with Gasteiger partial charge in [0.2, 0.25) is 0 Å². The van der Waals surface area contributed by atoms with Gasteiger partial charge in [0.25, 0.3) is 0 Å². The molecule has 39 heavy (non-hydrogen) atoms. The SMILES string of the molecule is CCN1CCCC(OCCN2CCn3c(c(C4CCCCC4)c4ccc(C(=O)O)cc43)-c3ccc(Cl)cc32)C1. The van der Waals surface area contributed by atoms with E-state index in [1.165, 1.54) is 67.3 Å². The first-order valence-corrected chi connectivity index (χ1v) is 15.2. The van der Waals surface area contributed by atoms with Crippen molar-refractivity contribution in [1.29, 1.82) is 0 Å². The molecule has 0 radical (unpaired) electrons. The maximum absolute atomic E-state index is 11.9. The molecular formula is C32H40ClN3O3. The van der Waals surface area contributed by atoms with Crippen molar-refractivity contribution < 1.29 is 14.6 Å². The van der Waals surface area contributed by atoms with Gasteiger partial charge in [-0.3, -0.25) is 0 Å². The summed E-state index contributed by atoms with van der Waals surface area (Å²) in [5.74, 6) is -0.394. The van der Waals surface area contributed by atoms with Gasteiger partial charge in [0, 0.05) is 53.4 Å². The molecule has 2 fully saturated rings. The average molecular weight is 550 g/mol. The summed E-state index contributed by atoms with van der Waals surface area (Å²) in [5.41, 5.74) is 6.37. The van der Waals surface area contributed by atoms with Crippen LogP contribution in [0.25, 0.3) is 22.2 Å². The van der Waals surface area contributed by atoms with Gasteiger partial charge in [-0.25, -0.2) is 4.79 Å². The van der Waals surface area contributed by atoms with Crippen LogP contribution in [0.15, 0.2) is 36.4 Å². The number of hydrogen-bond acceptors (Lipinski definition) is 4. The van der Waals surface area contributed by atoms with Crippen LogP contribution in [-0.4, -0.2) is 66.0 Å². The molecule has 6 nitrogen and oxygen atoms in total. The Morgan fingerprint density at radius 2 is 1.87 bits per heavy atom. The Labute approximate surface area is 236 Å². The Morgan fingerprint density at radius 3 is 2.67 bits per heavy atom. The highest BCUT2D eigenvalue weighted by Gasteiger charge is 2.31. The second-order valence-corrected chi connectivity index (χ2v) is 11.9. The summed E-state index contributed by atoms with van der Waals surface area (Å²) >= 11 is 6.60. The number of likely N-dealkylation sites (N-methyl/N-ethyl adjacent to an activating group) is 1. The Hall–Kier alpha value is -2.54. The molecule has 3 aromatic rings. The van der Waals surface area contributed by atoms with Crippen LogP contribution in [0.1, 0.15) is 73.7 Å². The van der Waals surface area contributed by atoms with Crippen molar-refractivity contribution in [1.82, 2.24) is 9.47 Å². The second kappa shape index (κ2) is 11.5. The monoisotopic (exact) mass is 549 g/mol. The van der Waals surface area contributed by atoms with Gasteiger partial charge in [-0.05, 0) is 80.6 Å². The highest BCUT2D eigenvalue weighted by Crippen LogP contribution is 2.47. The fourth-order valence-electron chi connectivity index (χ4n) is 7.14. The van der Waals surface area contributed by atoms with E-state index in [0.29, 0.717) is 24.2 Å². The molecule has 6 rings (SSSR count). The first-order chi connectivity index (χ1) is 19.0. The molecule has 1 saturated carbocycles. The molecule has 2 aromatic carbocycles. The summed E-state index contributed by atoms with van der Waals surface area (Å²) in [6.07, 6.45) is 8.79. The number of hydrogen-bond donors (Lipinski definition) is 1. The van der Waals surface area contributed by atoms with Gasteiger partial charge in [-0.2, -0.15) is 0 Å². The van der Waals surface area contributed by atoms with Gasteiger partial charge in [-0.1, -0.05) is 43.9 Å². The number of likely N-dealkylation sites (tertiary alicyclic amines) is 1. The van der Waals surface area contributed by atoms with Crippen LogP contribution in [0.5, 0.6) is 0 Å². The lowest BCUT2D eigenvalue weighted by atomic mass is 9.81. The smallest absolute Gasteiger partial charge is 0.335 e. The Bertz CT molecular complexity index is 1350. The number of carbonyl (C=O) groups is 1. The van der Waals surface area contributed by atoms with Crippen LogP contribution >= 0.6 is 11.6 Å². The molecule has 2 aliphatic heterocycles. The van der Waals surface area contributed by atoms with Gasteiger partial charge in [0.15, 0.2) is 0 Å². The molecule has 0 amide bonds. The predicted octanol–water partition coefficient (Wildman–Crippen LogP) is 7.03. The number of ether oxygens (including phenoxy) is 1. The first-order valence-electron chi connectivity index (χ1n) is 14.8. The summed E-state index contributed by atoms with van der Waals surface area (Å²) in [5, 5.41) is 11.7. The Kier molecular flexibility index (Phi) is 7.88. The molecule has 1 aromatic heterocycles. The average Bonchev–Trinajstić information content (AvgIpc) is 3.20. The molecule has 3 aliphatic rings. The largest absolute Gasteiger partial charge is 0.478 e. The summed E-state index contributed by atoms with van der Waals surface area (Å²) < 4.78 is 8.79. The van der Waals surface area contributed by atoms with E-state index < -0.39 is 5.97 Å². The van der Waals surface area contributed by atoms with Crippen LogP contribution in [0.4, 0.5) is 5.69 Å². The third-order valence-electron chi connectivity index (χ3n) is 9.14. The number of aromatic carboxylic acids is 1. The van der Waals surface area contributed by atoms with Crippen LogP contribution in [0.3, 0.4) is 0 Å². The second-order valence-electron chi connectivity index (χ2n) is 11.5. The van der Waals surface area contributed by atoms with Crippen LogP contribution in [0, 0.1) is 0 Å². The molecule has 1 aliphatic carbocycles. The van der Waals surface area contributed by atoms with E-state index in [2.05, 4.69) is 39.5 Å². The van der Waals surface area contributed by atoms with Gasteiger partial charge in [0.1, 0.15) is 0 Å². The number of halogens is 1. The lowest BCUT2D eigenvalue weighted by Crippen LogP contribution is -2.40. The van der Waals surface area contributed by atoms with Gasteiger partial charge >= 0.3 is 5.97 Å². The van der Waals surface area contributed by atoms with Crippen molar-refractivity contribution >= 4 is 34.2 Å². The summed E-state index contributed by atoms with van der Waals surface area (Å²) in [6, 6.07) is 12.0. The zero-order chi connectivity index (χ0) is 26.9. The zero-order valence-corrected chi connectivity index (χ0v) is 23.8. The Balaban J connectivity index is 1.38. The van der Waals surface area contributed by atoms with Crippen molar-refractivity contribution in [3.63, 3.8) is 0 Å². The molecule has 7 heteroatoms. The standard InChI is InChI=1S/C32H40ClN3O3/c1-2-34-14-6-9-25(21-34)39-18-17-35-15-16-36-29-19-23(32(37)38)10-12-26(29)30(22-7-4-3-5-8-22)31(36)27-13-11-24(33)20-28(27)35/h10-13,19-20,22,25H,2-9,14-18,21H2,1H3,(H,37,38). The van der Waals surface area contributed by atoms with E-state index in [4.69, 9.17) is 16.3 Å². The maximum Gasteiger partial charge on any atom is 0.335 e. The lowest BCUT2D eigenvalue weighted by molar-refractivity contribution is 0.00437. The van der Waals surface area contributed by atoms with Crippen LogP contribution in [-0.2, 0) is 11.3 Å². The number of benzene rings is 2. The maximum atomic E-state index is 11.9. The van der Waals surface area contributed by atoms with E-state index in [1.807, 2.05) is 12.1 Å². The normalized spacial score (nSPS) is 20.6. The van der Waals surface area contributed by atoms with Crippen molar-refractivity contribution in [2.75, 3.05) is 44.2 Å². The van der Waals surface area contributed by atoms with Crippen LogP contribution in [0.2, 0.25) is 5.02 Å². The van der Waals surface area contributed by atoms with E-state index in [9.17, 15) is 9.90 Å². The minimum absolute atomic E-state index is 0.301. The van der Waals surface area contributed by atoms with E-state index in [1.54, 1.807) is 6.07 Å². The van der Waals surface area contributed by atoms with Crippen molar-refractivity contribution in [3.05, 3.63) is 52.5 Å². The highest BCUT2D eigenvalue weighted by molar-refractivity contribution is 6.31. The molecule has 1 saturated heterocycles. The minimum atomic E-state index is -0.879. The summed E-state index contributed by atoms with van der Waals surface area (Å²) in [7, 11) is 0. The van der Waals surface area contributed by atoms with E-state index in [0.717, 1.165) is 55.4 Å². The number of fused-ring (bicyclic) bond motifs is 5. The molecule has 208 valence electrons. The van der Waals surface area contributed by atoms with Gasteiger partial charge < -0.3 is 24.2 Å². The number of aromatic nitrogens is 1. The summed E-state index contributed by atoms with van der Waals surface area (Å²) in [6.45, 7) is 8.60. The van der Waals surface area contributed by atoms with Gasteiger partial charge in [0.05, 0.1) is 24.0 Å². The number of carboxylic acids is 1. The van der Waals surface area contributed by atoms with Crippen molar-refractivity contribution in [2.24, 2.45) is 0 Å². The third kappa shape index (κ3) is 5.31. The van der Waals surface area contributed by atoms with Crippen molar-refractivity contribution in [2.45, 2.75) is 70.4 Å².